The molecule has 1 aliphatic heterocycles. The molecule has 1 aromatic carbocycles. The van der Waals surface area contributed by atoms with Crippen molar-refractivity contribution in [2.24, 2.45) is 4.99 Å². The molecule has 1 saturated heterocycles. The molecule has 8 heteroatoms. The molecule has 1 fully saturated rings. The van der Waals surface area contributed by atoms with Gasteiger partial charge in [-0.25, -0.2) is 8.42 Å². The van der Waals surface area contributed by atoms with Gasteiger partial charge in [-0.05, 0) is 38.8 Å². The number of aryl methyl sites for hydroxylation is 1. The van der Waals surface area contributed by atoms with Gasteiger partial charge in [0.25, 0.3) is 0 Å². The lowest BCUT2D eigenvalue weighted by atomic mass is 10.2. The maximum atomic E-state index is 12.1. The number of rotatable bonds is 5. The maximum absolute atomic E-state index is 12.1. The molecule has 0 unspecified atom stereocenters. The number of nitrogens with zero attached hydrogens (tertiary/aromatic N) is 2. The molecule has 2 rings (SSSR count). The van der Waals surface area contributed by atoms with E-state index in [-0.39, 0.29) is 29.7 Å². The van der Waals surface area contributed by atoms with Crippen LogP contribution >= 0.6 is 24.0 Å². The molecule has 1 heterocycles. The summed E-state index contributed by atoms with van der Waals surface area (Å²) in [6.45, 7) is 7.86. The van der Waals surface area contributed by atoms with Crippen LogP contribution in [0.25, 0.3) is 0 Å². The van der Waals surface area contributed by atoms with Gasteiger partial charge >= 0.3 is 0 Å². The van der Waals surface area contributed by atoms with Crippen LogP contribution in [-0.4, -0.2) is 63.1 Å². The quantitative estimate of drug-likeness (QED) is 0.294. The molecule has 0 aromatic heterocycles. The molecule has 1 aromatic rings. The number of guanidine groups is 1. The van der Waals surface area contributed by atoms with Crippen molar-refractivity contribution in [2.75, 3.05) is 39.0 Å². The van der Waals surface area contributed by atoms with E-state index in [0.29, 0.717) is 19.7 Å². The van der Waals surface area contributed by atoms with Crippen LogP contribution in [0.4, 0.5) is 0 Å². The third kappa shape index (κ3) is 5.73. The number of hydrogen-bond acceptors (Lipinski definition) is 4. The minimum Gasteiger partial charge on any atom is -0.493 e. The van der Waals surface area contributed by atoms with Crippen molar-refractivity contribution < 1.29 is 13.2 Å². The molecule has 0 amide bonds. The second kappa shape index (κ2) is 9.77. The molecule has 0 aliphatic carbocycles. The van der Waals surface area contributed by atoms with E-state index in [9.17, 15) is 8.42 Å². The highest BCUT2D eigenvalue weighted by Gasteiger charge is 2.40. The van der Waals surface area contributed by atoms with Crippen LogP contribution in [0.5, 0.6) is 5.75 Å². The Bertz CT molecular complexity index is 720. The van der Waals surface area contributed by atoms with Crippen molar-refractivity contribution >= 4 is 39.8 Å². The lowest BCUT2D eigenvalue weighted by molar-refractivity contribution is 0.306. The van der Waals surface area contributed by atoms with E-state index in [0.717, 1.165) is 30.2 Å². The van der Waals surface area contributed by atoms with Crippen LogP contribution in [0.1, 0.15) is 25.8 Å². The summed E-state index contributed by atoms with van der Waals surface area (Å²) in [5.74, 6) is 1.82. The average Bonchev–Trinajstić information content (AvgIpc) is 2.55. The smallest absolute Gasteiger partial charge is 0.193 e. The number of halogens is 1. The third-order valence-electron chi connectivity index (χ3n) is 4.51. The summed E-state index contributed by atoms with van der Waals surface area (Å²) >= 11 is 0. The first-order chi connectivity index (χ1) is 11.8. The largest absolute Gasteiger partial charge is 0.493 e. The van der Waals surface area contributed by atoms with Crippen molar-refractivity contribution in [2.45, 2.75) is 31.9 Å². The van der Waals surface area contributed by atoms with Crippen molar-refractivity contribution in [3.63, 3.8) is 0 Å². The molecule has 26 heavy (non-hydrogen) atoms. The van der Waals surface area contributed by atoms with Gasteiger partial charge in [-0.1, -0.05) is 18.2 Å². The second-order valence-corrected chi connectivity index (χ2v) is 9.68. The van der Waals surface area contributed by atoms with Gasteiger partial charge in [0.05, 0.1) is 17.1 Å². The van der Waals surface area contributed by atoms with Crippen molar-refractivity contribution in [1.29, 1.82) is 0 Å². The number of para-hydroxylation sites is 1. The molecule has 0 saturated carbocycles. The Kier molecular flexibility index (Phi) is 8.65. The molecule has 0 bridgehead atoms. The van der Waals surface area contributed by atoms with Gasteiger partial charge in [0.15, 0.2) is 15.8 Å². The van der Waals surface area contributed by atoms with Crippen LogP contribution in [0.2, 0.25) is 0 Å². The van der Waals surface area contributed by atoms with E-state index in [2.05, 4.69) is 10.3 Å². The first-order valence-electron chi connectivity index (χ1n) is 8.63. The molecule has 0 atom stereocenters. The van der Waals surface area contributed by atoms with Gasteiger partial charge in [0, 0.05) is 26.7 Å². The molecule has 6 nitrogen and oxygen atoms in total. The molecule has 1 aliphatic rings. The number of benzene rings is 1. The normalized spacial score (nSPS) is 18.8. The predicted octanol–water partition coefficient (Wildman–Crippen LogP) is 2.47. The minimum atomic E-state index is -3.04. The summed E-state index contributed by atoms with van der Waals surface area (Å²) in [5.41, 5.74) is 1.13. The summed E-state index contributed by atoms with van der Waals surface area (Å²) < 4.78 is 29.3. The van der Waals surface area contributed by atoms with Gasteiger partial charge in [-0.2, -0.15) is 0 Å². The Morgan fingerprint density at radius 3 is 2.65 bits per heavy atom. The molecular weight excluding hydrogens is 465 g/mol. The zero-order chi connectivity index (χ0) is 18.5. The van der Waals surface area contributed by atoms with Crippen LogP contribution in [0.3, 0.4) is 0 Å². The summed E-state index contributed by atoms with van der Waals surface area (Å²) in [5, 5.41) is 3.31. The fourth-order valence-corrected chi connectivity index (χ4v) is 4.20. The van der Waals surface area contributed by atoms with E-state index in [1.54, 1.807) is 20.9 Å². The molecule has 1 N–H and O–H groups in total. The van der Waals surface area contributed by atoms with E-state index in [1.165, 1.54) is 0 Å². The number of hydrogen-bond donors (Lipinski definition) is 1. The number of ether oxygens (including phenoxy) is 1. The predicted molar refractivity (Wildman–Crippen MR) is 118 cm³/mol. The number of sulfone groups is 1. The minimum absolute atomic E-state index is 0. The van der Waals surface area contributed by atoms with Crippen LogP contribution in [0.15, 0.2) is 29.3 Å². The lowest BCUT2D eigenvalue weighted by Crippen LogP contribution is -2.57. The zero-order valence-electron chi connectivity index (χ0n) is 16.0. The fraction of sp³-hybridized carbons (Fsp3) is 0.611. The maximum Gasteiger partial charge on any atom is 0.193 e. The summed E-state index contributed by atoms with van der Waals surface area (Å²) in [6, 6.07) is 7.96. The monoisotopic (exact) mass is 495 g/mol. The standard InChI is InChI=1S/C18H29N3O3S.HI/c1-15-8-5-6-9-16(15)24-12-7-10-20-17(19-4)21-11-13-25(22,23)18(2,3)14-21;/h5-6,8-9H,7,10-14H2,1-4H3,(H,19,20);1H. The van der Waals surface area contributed by atoms with Crippen LogP contribution < -0.4 is 10.1 Å². The highest BCUT2D eigenvalue weighted by atomic mass is 127. The Hall–Kier alpha value is -1.03. The van der Waals surface area contributed by atoms with Crippen LogP contribution in [-0.2, 0) is 9.84 Å². The summed E-state index contributed by atoms with van der Waals surface area (Å²) in [6.07, 6.45) is 0.836. The fourth-order valence-electron chi connectivity index (χ4n) is 2.83. The number of nitrogens with one attached hydrogen (secondary N) is 1. The van der Waals surface area contributed by atoms with Gasteiger partial charge in [-0.3, -0.25) is 4.99 Å². The average molecular weight is 495 g/mol. The van der Waals surface area contributed by atoms with Gasteiger partial charge in [-0.15, -0.1) is 24.0 Å². The highest BCUT2D eigenvalue weighted by molar-refractivity contribution is 14.0. The Balaban J connectivity index is 0.00000338. The number of aliphatic imine (C=N–C) groups is 1. The Morgan fingerprint density at radius 2 is 2.04 bits per heavy atom. The SMILES string of the molecule is CN=C(NCCCOc1ccccc1C)N1CCS(=O)(=O)C(C)(C)C1.I. The Labute approximate surface area is 174 Å². The first kappa shape index (κ1) is 23.0. The van der Waals surface area contributed by atoms with E-state index in [1.807, 2.05) is 36.1 Å². The van der Waals surface area contributed by atoms with Crippen LogP contribution in [0, 0.1) is 6.92 Å². The van der Waals surface area contributed by atoms with E-state index in [4.69, 9.17) is 4.74 Å². The molecule has 148 valence electrons. The summed E-state index contributed by atoms with van der Waals surface area (Å²) in [7, 11) is -1.32. The van der Waals surface area contributed by atoms with Gasteiger partial charge < -0.3 is 15.0 Å². The molecule has 0 radical (unpaired) electrons. The third-order valence-corrected chi connectivity index (χ3v) is 7.04. The summed E-state index contributed by atoms with van der Waals surface area (Å²) in [4.78, 5) is 6.31. The van der Waals surface area contributed by atoms with E-state index < -0.39 is 14.6 Å². The zero-order valence-corrected chi connectivity index (χ0v) is 19.1. The van der Waals surface area contributed by atoms with Crippen molar-refractivity contribution in [1.82, 2.24) is 10.2 Å². The highest BCUT2D eigenvalue weighted by Crippen LogP contribution is 2.23. The molecular formula is C18H30IN3O3S. The van der Waals surface area contributed by atoms with Crippen molar-refractivity contribution in [3.8, 4) is 5.75 Å². The molecule has 0 spiro atoms. The van der Waals surface area contributed by atoms with Crippen molar-refractivity contribution in [3.05, 3.63) is 29.8 Å². The van der Waals surface area contributed by atoms with Gasteiger partial charge in [0.2, 0.25) is 0 Å². The second-order valence-electron chi connectivity index (χ2n) is 6.94. The van der Waals surface area contributed by atoms with Gasteiger partial charge in [0.1, 0.15) is 5.75 Å². The first-order valence-corrected chi connectivity index (χ1v) is 10.3. The van der Waals surface area contributed by atoms with E-state index >= 15 is 0 Å². The Morgan fingerprint density at radius 1 is 1.35 bits per heavy atom. The topological polar surface area (TPSA) is 71.0 Å². The lowest BCUT2D eigenvalue weighted by Gasteiger charge is -2.39.